The third-order valence-electron chi connectivity index (χ3n) is 3.61. The first kappa shape index (κ1) is 14.0. The van der Waals surface area contributed by atoms with Gasteiger partial charge >= 0.3 is 0 Å². The van der Waals surface area contributed by atoms with Crippen molar-refractivity contribution in [2.75, 3.05) is 33.2 Å². The Bertz CT molecular complexity index is 461. The molecule has 1 heterocycles. The summed E-state index contributed by atoms with van der Waals surface area (Å²) in [6, 6.07) is 6.59. The van der Waals surface area contributed by atoms with E-state index >= 15 is 0 Å². The monoisotopic (exact) mass is 261 g/mol. The zero-order valence-electron chi connectivity index (χ0n) is 11.4. The van der Waals surface area contributed by atoms with Crippen LogP contribution in [-0.2, 0) is 6.54 Å². The molecule has 0 aromatic heterocycles. The molecule has 3 nitrogen and oxygen atoms in total. The Balaban J connectivity index is 1.87. The molecule has 2 rings (SSSR count). The second kappa shape index (κ2) is 6.65. The van der Waals surface area contributed by atoms with E-state index in [9.17, 15) is 4.39 Å². The molecule has 4 heteroatoms. The number of nitriles is 1. The average molecular weight is 261 g/mol. The van der Waals surface area contributed by atoms with E-state index in [-0.39, 0.29) is 5.82 Å². The van der Waals surface area contributed by atoms with Crippen LogP contribution >= 0.6 is 0 Å². The molecule has 0 N–H and O–H groups in total. The minimum absolute atomic E-state index is 0.230. The first-order valence-electron chi connectivity index (χ1n) is 6.78. The van der Waals surface area contributed by atoms with Gasteiger partial charge in [0.1, 0.15) is 5.82 Å². The van der Waals surface area contributed by atoms with Gasteiger partial charge in [-0.2, -0.15) is 5.26 Å². The first-order valence-corrected chi connectivity index (χ1v) is 6.78. The van der Waals surface area contributed by atoms with Crippen LogP contribution in [0, 0.1) is 17.1 Å². The number of halogens is 1. The van der Waals surface area contributed by atoms with Crippen molar-refractivity contribution < 1.29 is 4.39 Å². The summed E-state index contributed by atoms with van der Waals surface area (Å²) in [5, 5.41) is 8.84. The number of rotatable bonds is 5. The summed E-state index contributed by atoms with van der Waals surface area (Å²) in [5.74, 6) is -0.230. The summed E-state index contributed by atoms with van der Waals surface area (Å²) >= 11 is 0. The van der Waals surface area contributed by atoms with Gasteiger partial charge in [0.25, 0.3) is 0 Å². The molecular formula is C15H20FN3. The lowest BCUT2D eigenvalue weighted by Gasteiger charge is -2.21. The fourth-order valence-corrected chi connectivity index (χ4v) is 2.45. The van der Waals surface area contributed by atoms with Gasteiger partial charge in [0.05, 0.1) is 11.6 Å². The Labute approximate surface area is 114 Å². The van der Waals surface area contributed by atoms with E-state index in [2.05, 4.69) is 15.9 Å². The van der Waals surface area contributed by atoms with Gasteiger partial charge in [-0.1, -0.05) is 0 Å². The lowest BCUT2D eigenvalue weighted by molar-refractivity contribution is 0.250. The summed E-state index contributed by atoms with van der Waals surface area (Å²) in [4.78, 5) is 4.55. The van der Waals surface area contributed by atoms with Crippen molar-refractivity contribution in [2.45, 2.75) is 19.4 Å². The Morgan fingerprint density at radius 1 is 1.37 bits per heavy atom. The standard InChI is InChI=1S/C15H20FN3/c1-18(8-9-19-6-2-3-7-19)12-14-10-13(11-17)4-5-15(14)16/h4-5,10H,2-3,6-9,12H2,1H3. The van der Waals surface area contributed by atoms with Crippen LogP contribution in [0.2, 0.25) is 0 Å². The number of hydrogen-bond donors (Lipinski definition) is 0. The van der Waals surface area contributed by atoms with Crippen molar-refractivity contribution in [1.82, 2.24) is 9.80 Å². The van der Waals surface area contributed by atoms with Crippen LogP contribution in [0.1, 0.15) is 24.0 Å². The van der Waals surface area contributed by atoms with E-state index in [1.165, 1.54) is 38.1 Å². The quantitative estimate of drug-likeness (QED) is 0.814. The summed E-state index contributed by atoms with van der Waals surface area (Å²) in [6.45, 7) is 4.89. The summed E-state index contributed by atoms with van der Waals surface area (Å²) in [7, 11) is 1.99. The van der Waals surface area contributed by atoms with Crippen LogP contribution < -0.4 is 0 Å². The van der Waals surface area contributed by atoms with Crippen molar-refractivity contribution >= 4 is 0 Å². The van der Waals surface area contributed by atoms with Crippen molar-refractivity contribution in [3.63, 3.8) is 0 Å². The second-order valence-electron chi connectivity index (χ2n) is 5.20. The fraction of sp³-hybridized carbons (Fsp3) is 0.533. The number of hydrogen-bond acceptors (Lipinski definition) is 3. The molecule has 0 amide bonds. The predicted molar refractivity (Wildman–Crippen MR) is 73.1 cm³/mol. The van der Waals surface area contributed by atoms with Gasteiger partial charge in [0.2, 0.25) is 0 Å². The highest BCUT2D eigenvalue weighted by atomic mass is 19.1. The molecule has 1 aliphatic rings. The molecule has 0 unspecified atom stereocenters. The van der Waals surface area contributed by atoms with Crippen LogP contribution in [-0.4, -0.2) is 43.0 Å². The molecule has 1 fully saturated rings. The van der Waals surface area contributed by atoms with Crippen molar-refractivity contribution in [3.05, 3.63) is 35.1 Å². The van der Waals surface area contributed by atoms with E-state index in [0.717, 1.165) is 13.1 Å². The third-order valence-corrected chi connectivity index (χ3v) is 3.61. The van der Waals surface area contributed by atoms with E-state index in [0.29, 0.717) is 17.7 Å². The maximum Gasteiger partial charge on any atom is 0.127 e. The molecule has 1 aliphatic heterocycles. The Kier molecular flexibility index (Phi) is 4.89. The highest BCUT2D eigenvalue weighted by Crippen LogP contribution is 2.12. The summed E-state index contributed by atoms with van der Waals surface area (Å²) in [5.41, 5.74) is 1.12. The minimum atomic E-state index is -0.230. The average Bonchev–Trinajstić information content (AvgIpc) is 2.92. The van der Waals surface area contributed by atoms with Gasteiger partial charge in [0, 0.05) is 25.2 Å². The molecule has 0 saturated carbocycles. The topological polar surface area (TPSA) is 30.3 Å². The fourth-order valence-electron chi connectivity index (χ4n) is 2.45. The maximum absolute atomic E-state index is 13.7. The van der Waals surface area contributed by atoms with Gasteiger partial charge in [-0.3, -0.25) is 0 Å². The van der Waals surface area contributed by atoms with Crippen molar-refractivity contribution in [3.8, 4) is 6.07 Å². The van der Waals surface area contributed by atoms with Gasteiger partial charge in [-0.15, -0.1) is 0 Å². The molecule has 1 saturated heterocycles. The Morgan fingerprint density at radius 2 is 2.11 bits per heavy atom. The molecule has 0 bridgehead atoms. The van der Waals surface area contributed by atoms with E-state index in [1.807, 2.05) is 7.05 Å². The molecule has 102 valence electrons. The molecule has 0 aliphatic carbocycles. The minimum Gasteiger partial charge on any atom is -0.302 e. The lowest BCUT2D eigenvalue weighted by Crippen LogP contribution is -2.31. The largest absolute Gasteiger partial charge is 0.302 e. The van der Waals surface area contributed by atoms with Crippen LogP contribution in [0.25, 0.3) is 0 Å². The van der Waals surface area contributed by atoms with Crippen LogP contribution in [0.5, 0.6) is 0 Å². The SMILES string of the molecule is CN(CCN1CCCC1)Cc1cc(C#N)ccc1F. The van der Waals surface area contributed by atoms with E-state index in [4.69, 9.17) is 5.26 Å². The molecule has 1 aromatic rings. The van der Waals surface area contributed by atoms with Crippen molar-refractivity contribution in [1.29, 1.82) is 5.26 Å². The predicted octanol–water partition coefficient (Wildman–Crippen LogP) is 2.22. The van der Waals surface area contributed by atoms with Gasteiger partial charge in [0.15, 0.2) is 0 Å². The second-order valence-corrected chi connectivity index (χ2v) is 5.20. The molecule has 0 radical (unpaired) electrons. The first-order chi connectivity index (χ1) is 9.19. The Hall–Kier alpha value is -1.44. The number of nitrogens with zero attached hydrogens (tertiary/aromatic N) is 3. The van der Waals surface area contributed by atoms with Gasteiger partial charge < -0.3 is 9.80 Å². The van der Waals surface area contributed by atoms with E-state index < -0.39 is 0 Å². The van der Waals surface area contributed by atoms with Crippen molar-refractivity contribution in [2.24, 2.45) is 0 Å². The molecule has 1 aromatic carbocycles. The molecular weight excluding hydrogens is 241 g/mol. The zero-order valence-corrected chi connectivity index (χ0v) is 11.4. The summed E-state index contributed by atoms with van der Waals surface area (Å²) < 4.78 is 13.7. The molecule has 0 spiro atoms. The number of likely N-dealkylation sites (N-methyl/N-ethyl adjacent to an activating group) is 1. The summed E-state index contributed by atoms with van der Waals surface area (Å²) in [6.07, 6.45) is 2.59. The maximum atomic E-state index is 13.7. The zero-order chi connectivity index (χ0) is 13.7. The van der Waals surface area contributed by atoms with Gasteiger partial charge in [-0.25, -0.2) is 4.39 Å². The third kappa shape index (κ3) is 4.02. The van der Waals surface area contributed by atoms with Gasteiger partial charge in [-0.05, 0) is 51.2 Å². The Morgan fingerprint density at radius 3 is 2.79 bits per heavy atom. The smallest absolute Gasteiger partial charge is 0.127 e. The highest BCUT2D eigenvalue weighted by molar-refractivity contribution is 5.33. The van der Waals surface area contributed by atoms with Crippen LogP contribution in [0.3, 0.4) is 0 Å². The van der Waals surface area contributed by atoms with Crippen LogP contribution in [0.15, 0.2) is 18.2 Å². The lowest BCUT2D eigenvalue weighted by atomic mass is 10.1. The molecule has 0 atom stereocenters. The number of likely N-dealkylation sites (tertiary alicyclic amines) is 1. The van der Waals surface area contributed by atoms with Crippen LogP contribution in [0.4, 0.5) is 4.39 Å². The normalized spacial score (nSPS) is 15.9. The number of benzene rings is 1. The molecule has 19 heavy (non-hydrogen) atoms. The highest BCUT2D eigenvalue weighted by Gasteiger charge is 2.12. The van der Waals surface area contributed by atoms with E-state index in [1.54, 1.807) is 6.07 Å².